The summed E-state index contributed by atoms with van der Waals surface area (Å²) in [6.07, 6.45) is 1.85. The van der Waals surface area contributed by atoms with E-state index in [2.05, 4.69) is 27.0 Å². The van der Waals surface area contributed by atoms with Crippen LogP contribution in [0.3, 0.4) is 0 Å². The summed E-state index contributed by atoms with van der Waals surface area (Å²) < 4.78 is 11.9. The van der Waals surface area contributed by atoms with Crippen LogP contribution >= 0.6 is 27.7 Å². The van der Waals surface area contributed by atoms with Crippen molar-refractivity contribution in [3.8, 4) is 17.6 Å². The van der Waals surface area contributed by atoms with E-state index in [1.807, 2.05) is 73.7 Å². The maximum Gasteiger partial charge on any atom is 0.266 e. The van der Waals surface area contributed by atoms with E-state index in [9.17, 15) is 10.1 Å². The largest absolute Gasteiger partial charge is 0.497 e. The molecule has 3 aromatic rings. The van der Waals surface area contributed by atoms with Gasteiger partial charge in [0, 0.05) is 12.1 Å². The van der Waals surface area contributed by atoms with Gasteiger partial charge in [0.1, 0.15) is 18.1 Å². The molecule has 1 saturated heterocycles. The van der Waals surface area contributed by atoms with Gasteiger partial charge in [0.15, 0.2) is 5.17 Å². The van der Waals surface area contributed by atoms with Crippen molar-refractivity contribution in [3.05, 3.63) is 92.8 Å². The lowest BCUT2D eigenvalue weighted by molar-refractivity contribution is -0.122. The van der Waals surface area contributed by atoms with E-state index in [1.54, 1.807) is 18.1 Å². The number of nitrogens with zero attached hydrogens (tertiary/aromatic N) is 3. The molecule has 35 heavy (non-hydrogen) atoms. The minimum Gasteiger partial charge on any atom is -0.497 e. The van der Waals surface area contributed by atoms with E-state index in [4.69, 9.17) is 9.47 Å². The number of likely N-dealkylation sites (N-methyl/N-ethyl adjacent to an activating group) is 1. The molecule has 1 amide bonds. The van der Waals surface area contributed by atoms with Crippen LogP contribution in [0, 0.1) is 11.3 Å². The van der Waals surface area contributed by atoms with Crippen molar-refractivity contribution in [1.82, 2.24) is 4.90 Å². The third-order valence-corrected chi connectivity index (χ3v) is 6.90. The molecule has 0 atom stereocenters. The monoisotopic (exact) mass is 547 g/mol. The maximum absolute atomic E-state index is 13.0. The lowest BCUT2D eigenvalue weighted by Gasteiger charge is -2.12. The van der Waals surface area contributed by atoms with E-state index in [1.165, 1.54) is 11.8 Å². The highest BCUT2D eigenvalue weighted by atomic mass is 79.9. The molecule has 1 fully saturated rings. The highest BCUT2D eigenvalue weighted by Gasteiger charge is 2.32. The van der Waals surface area contributed by atoms with Crippen LogP contribution in [-0.2, 0) is 11.4 Å². The highest BCUT2D eigenvalue weighted by Crippen LogP contribution is 2.35. The lowest BCUT2D eigenvalue weighted by Crippen LogP contribution is -2.28. The molecular formula is C27H22BrN3O3S. The van der Waals surface area contributed by atoms with Gasteiger partial charge >= 0.3 is 0 Å². The first-order valence-corrected chi connectivity index (χ1v) is 12.5. The van der Waals surface area contributed by atoms with Gasteiger partial charge in [-0.3, -0.25) is 9.69 Å². The average Bonchev–Trinajstić information content (AvgIpc) is 3.17. The van der Waals surface area contributed by atoms with Crippen LogP contribution in [0.2, 0.25) is 0 Å². The Hall–Kier alpha value is -3.54. The van der Waals surface area contributed by atoms with E-state index >= 15 is 0 Å². The Morgan fingerprint density at radius 1 is 1.14 bits per heavy atom. The van der Waals surface area contributed by atoms with Crippen LogP contribution in [-0.4, -0.2) is 29.6 Å². The second-order valence-corrected chi connectivity index (χ2v) is 9.36. The quantitative estimate of drug-likeness (QED) is 0.314. The Bertz CT molecular complexity index is 1350. The molecule has 0 unspecified atom stereocenters. The van der Waals surface area contributed by atoms with Crippen molar-refractivity contribution in [2.45, 2.75) is 13.5 Å². The van der Waals surface area contributed by atoms with Crippen molar-refractivity contribution in [2.24, 2.45) is 4.99 Å². The molecule has 0 aliphatic carbocycles. The normalized spacial score (nSPS) is 15.5. The predicted octanol–water partition coefficient (Wildman–Crippen LogP) is 6.53. The first kappa shape index (κ1) is 24.6. The number of methoxy groups -OCH3 is 1. The minimum atomic E-state index is -0.0747. The number of hydrogen-bond donors (Lipinski definition) is 0. The minimum absolute atomic E-state index is 0.0747. The summed E-state index contributed by atoms with van der Waals surface area (Å²) in [4.78, 5) is 19.9. The third kappa shape index (κ3) is 5.76. The molecule has 0 N–H and O–H groups in total. The summed E-state index contributed by atoms with van der Waals surface area (Å²) in [6, 6.07) is 22.6. The molecule has 1 aliphatic heterocycles. The molecule has 0 saturated carbocycles. The molecule has 6 nitrogen and oxygen atoms in total. The highest BCUT2D eigenvalue weighted by molar-refractivity contribution is 9.10. The molecule has 0 aromatic heterocycles. The Morgan fingerprint density at radius 3 is 2.60 bits per heavy atom. The van der Waals surface area contributed by atoms with Crippen molar-refractivity contribution in [1.29, 1.82) is 5.26 Å². The third-order valence-electron chi connectivity index (χ3n) is 5.28. The number of ether oxygens (including phenoxy) is 2. The number of amidine groups is 1. The van der Waals surface area contributed by atoms with Crippen molar-refractivity contribution < 1.29 is 14.3 Å². The predicted molar refractivity (Wildman–Crippen MR) is 143 cm³/mol. The van der Waals surface area contributed by atoms with Gasteiger partial charge in [0.25, 0.3) is 5.91 Å². The Morgan fingerprint density at radius 2 is 1.91 bits per heavy atom. The van der Waals surface area contributed by atoms with Crippen LogP contribution in [0.5, 0.6) is 11.5 Å². The van der Waals surface area contributed by atoms with Gasteiger partial charge in [0.05, 0.1) is 33.8 Å². The molecule has 1 heterocycles. The van der Waals surface area contributed by atoms with Gasteiger partial charge in [0.2, 0.25) is 0 Å². The fourth-order valence-corrected chi connectivity index (χ4v) is 5.00. The first-order chi connectivity index (χ1) is 17.0. The van der Waals surface area contributed by atoms with Gasteiger partial charge in [-0.05, 0) is 88.7 Å². The number of amides is 1. The van der Waals surface area contributed by atoms with Gasteiger partial charge in [-0.2, -0.15) is 5.26 Å². The zero-order chi connectivity index (χ0) is 24.8. The van der Waals surface area contributed by atoms with Gasteiger partial charge in [-0.25, -0.2) is 4.99 Å². The number of halogens is 1. The van der Waals surface area contributed by atoms with E-state index in [0.29, 0.717) is 27.9 Å². The van der Waals surface area contributed by atoms with E-state index in [-0.39, 0.29) is 12.5 Å². The molecule has 0 spiro atoms. The molecule has 8 heteroatoms. The van der Waals surface area contributed by atoms with Crippen LogP contribution in [0.25, 0.3) is 6.08 Å². The summed E-state index contributed by atoms with van der Waals surface area (Å²) in [5, 5.41) is 9.90. The summed E-state index contributed by atoms with van der Waals surface area (Å²) in [5.74, 6) is 1.33. The summed E-state index contributed by atoms with van der Waals surface area (Å²) in [6.45, 7) is 2.74. The number of thioether (sulfide) groups is 1. The van der Waals surface area contributed by atoms with Crippen LogP contribution in [0.1, 0.15) is 23.6 Å². The zero-order valence-corrected chi connectivity index (χ0v) is 21.6. The Balaban J connectivity index is 1.51. The van der Waals surface area contributed by atoms with Gasteiger partial charge in [-0.1, -0.05) is 24.3 Å². The van der Waals surface area contributed by atoms with E-state index < -0.39 is 0 Å². The number of carbonyl (C=O) groups is 1. The van der Waals surface area contributed by atoms with Crippen LogP contribution in [0.4, 0.5) is 5.69 Å². The number of aliphatic imine (C=N–C) groups is 1. The molecule has 1 aliphatic rings. The second kappa shape index (κ2) is 11.3. The average molecular weight is 548 g/mol. The summed E-state index contributed by atoms with van der Waals surface area (Å²) in [5.41, 5.74) is 3.03. The molecule has 176 valence electrons. The first-order valence-electron chi connectivity index (χ1n) is 10.9. The fourth-order valence-electron chi connectivity index (χ4n) is 3.42. The molecule has 4 rings (SSSR count). The SMILES string of the molecule is CCN1C(=O)/C(=C\c2ccc(OCc3ccccc3C#N)c(Br)c2)SC1=Nc1ccc(OC)cc1. The topological polar surface area (TPSA) is 74.9 Å². The smallest absolute Gasteiger partial charge is 0.266 e. The zero-order valence-electron chi connectivity index (χ0n) is 19.2. The molecular weight excluding hydrogens is 526 g/mol. The van der Waals surface area contributed by atoms with Crippen LogP contribution in [0.15, 0.2) is 81.1 Å². The van der Waals surface area contributed by atoms with Crippen LogP contribution < -0.4 is 9.47 Å². The molecule has 0 radical (unpaired) electrons. The standard InChI is InChI=1S/C27H22BrN3O3S/c1-3-31-26(32)25(35-27(31)30-21-9-11-22(33-2)12-10-21)15-18-8-13-24(23(28)14-18)34-17-20-7-5-4-6-19(20)16-29/h4-15H,3,17H2,1-2H3/b25-15+,30-27?. The summed E-state index contributed by atoms with van der Waals surface area (Å²) in [7, 11) is 1.62. The second-order valence-electron chi connectivity index (χ2n) is 7.50. The van der Waals surface area contributed by atoms with Crippen molar-refractivity contribution in [2.75, 3.05) is 13.7 Å². The van der Waals surface area contributed by atoms with Crippen molar-refractivity contribution in [3.63, 3.8) is 0 Å². The summed E-state index contributed by atoms with van der Waals surface area (Å²) >= 11 is 4.91. The molecule has 3 aromatic carbocycles. The van der Waals surface area contributed by atoms with E-state index in [0.717, 1.165) is 27.0 Å². The number of benzene rings is 3. The maximum atomic E-state index is 13.0. The number of hydrogen-bond acceptors (Lipinski definition) is 6. The van der Waals surface area contributed by atoms with Gasteiger partial charge in [-0.15, -0.1) is 0 Å². The van der Waals surface area contributed by atoms with Crippen molar-refractivity contribution >= 4 is 50.5 Å². The number of rotatable bonds is 7. The van der Waals surface area contributed by atoms with Gasteiger partial charge < -0.3 is 9.47 Å². The lowest BCUT2D eigenvalue weighted by atomic mass is 10.1. The fraction of sp³-hybridized carbons (Fsp3) is 0.148. The number of carbonyl (C=O) groups excluding carboxylic acids is 1. The number of nitriles is 1. The Kier molecular flexibility index (Phi) is 7.91. The Labute approximate surface area is 217 Å². The molecule has 0 bridgehead atoms.